The molecule has 27 heavy (non-hydrogen) atoms. The minimum atomic E-state index is -2.96. The molecule has 150 valence electrons. The van der Waals surface area contributed by atoms with Crippen molar-refractivity contribution in [3.63, 3.8) is 0 Å². The standard InChI is InChI=1S/C18H27N5O2S.HI/c1-4-19-18(22-15(2)10-11-26(3,24)25)20-12-16-13-21-23(14-16)17-8-6-5-7-9-17;/h5-9,13-15H,4,10-12H2,1-3H3,(H2,19,20,22);1H. The highest BCUT2D eigenvalue weighted by molar-refractivity contribution is 14.0. The Bertz CT molecular complexity index is 821. The normalized spacial score (nSPS) is 12.9. The van der Waals surface area contributed by atoms with E-state index in [9.17, 15) is 8.42 Å². The van der Waals surface area contributed by atoms with E-state index in [1.54, 1.807) is 6.20 Å². The van der Waals surface area contributed by atoms with Crippen molar-refractivity contribution in [3.8, 4) is 5.69 Å². The third-order valence-corrected chi connectivity index (χ3v) is 4.70. The predicted molar refractivity (Wildman–Crippen MR) is 121 cm³/mol. The first kappa shape index (κ1) is 23.4. The van der Waals surface area contributed by atoms with Crippen molar-refractivity contribution in [2.75, 3.05) is 18.6 Å². The van der Waals surface area contributed by atoms with Crippen LogP contribution in [-0.2, 0) is 16.4 Å². The number of para-hydroxylation sites is 1. The molecule has 0 aliphatic carbocycles. The van der Waals surface area contributed by atoms with Gasteiger partial charge in [-0.05, 0) is 32.4 Å². The Hall–Kier alpha value is -1.62. The minimum Gasteiger partial charge on any atom is -0.357 e. The van der Waals surface area contributed by atoms with Gasteiger partial charge in [-0.3, -0.25) is 0 Å². The number of aliphatic imine (C=N–C) groups is 1. The summed E-state index contributed by atoms with van der Waals surface area (Å²) in [6, 6.07) is 9.91. The number of sulfone groups is 1. The van der Waals surface area contributed by atoms with Crippen LogP contribution in [0.1, 0.15) is 25.8 Å². The van der Waals surface area contributed by atoms with E-state index in [4.69, 9.17) is 0 Å². The van der Waals surface area contributed by atoms with Gasteiger partial charge >= 0.3 is 0 Å². The number of halogens is 1. The highest BCUT2D eigenvalue weighted by Crippen LogP contribution is 2.08. The average Bonchev–Trinajstić information content (AvgIpc) is 3.07. The van der Waals surface area contributed by atoms with Gasteiger partial charge in [0.1, 0.15) is 9.84 Å². The van der Waals surface area contributed by atoms with Gasteiger partial charge in [0.15, 0.2) is 5.96 Å². The highest BCUT2D eigenvalue weighted by Gasteiger charge is 2.09. The van der Waals surface area contributed by atoms with Crippen LogP contribution in [0.4, 0.5) is 0 Å². The molecule has 0 bridgehead atoms. The molecule has 0 spiro atoms. The van der Waals surface area contributed by atoms with E-state index in [1.807, 2.05) is 55.1 Å². The van der Waals surface area contributed by atoms with E-state index in [0.717, 1.165) is 17.8 Å². The molecular formula is C18H28IN5O2S. The Morgan fingerprint density at radius 2 is 2.00 bits per heavy atom. The second-order valence-corrected chi connectivity index (χ2v) is 8.55. The first-order valence-electron chi connectivity index (χ1n) is 8.69. The Morgan fingerprint density at radius 1 is 1.30 bits per heavy atom. The van der Waals surface area contributed by atoms with Crippen LogP contribution in [0.2, 0.25) is 0 Å². The largest absolute Gasteiger partial charge is 0.357 e. The lowest BCUT2D eigenvalue weighted by molar-refractivity contribution is 0.581. The van der Waals surface area contributed by atoms with Gasteiger partial charge < -0.3 is 10.6 Å². The summed E-state index contributed by atoms with van der Waals surface area (Å²) in [6.45, 7) is 5.16. The van der Waals surface area contributed by atoms with Gasteiger partial charge in [-0.25, -0.2) is 18.1 Å². The van der Waals surface area contributed by atoms with Gasteiger partial charge in [-0.15, -0.1) is 24.0 Å². The molecule has 0 saturated heterocycles. The fourth-order valence-corrected chi connectivity index (χ4v) is 3.13. The molecular weight excluding hydrogens is 477 g/mol. The molecule has 1 unspecified atom stereocenters. The molecule has 1 heterocycles. The molecule has 2 aromatic rings. The van der Waals surface area contributed by atoms with Gasteiger partial charge in [-0.2, -0.15) is 5.10 Å². The smallest absolute Gasteiger partial charge is 0.191 e. The van der Waals surface area contributed by atoms with Gasteiger partial charge in [0.05, 0.1) is 24.2 Å². The zero-order chi connectivity index (χ0) is 19.0. The molecule has 2 N–H and O–H groups in total. The summed E-state index contributed by atoms with van der Waals surface area (Å²) in [5.74, 6) is 0.825. The minimum absolute atomic E-state index is 0. The summed E-state index contributed by atoms with van der Waals surface area (Å²) in [6.07, 6.45) is 5.54. The molecule has 0 radical (unpaired) electrons. The molecule has 0 amide bonds. The fraction of sp³-hybridized carbons (Fsp3) is 0.444. The van der Waals surface area contributed by atoms with Crippen LogP contribution >= 0.6 is 24.0 Å². The van der Waals surface area contributed by atoms with Crippen LogP contribution in [-0.4, -0.2) is 48.8 Å². The topological polar surface area (TPSA) is 88.4 Å². The first-order chi connectivity index (χ1) is 12.4. The average molecular weight is 505 g/mol. The van der Waals surface area contributed by atoms with Crippen molar-refractivity contribution in [2.24, 2.45) is 4.99 Å². The quantitative estimate of drug-likeness (QED) is 0.327. The number of rotatable bonds is 8. The Morgan fingerprint density at radius 3 is 2.63 bits per heavy atom. The predicted octanol–water partition coefficient (Wildman–Crippen LogP) is 2.37. The lowest BCUT2D eigenvalue weighted by atomic mass is 10.3. The van der Waals surface area contributed by atoms with E-state index in [0.29, 0.717) is 18.9 Å². The molecule has 0 fully saturated rings. The van der Waals surface area contributed by atoms with Gasteiger partial charge in [0, 0.05) is 30.6 Å². The number of aromatic nitrogens is 2. The maximum atomic E-state index is 11.3. The molecule has 1 aromatic heterocycles. The zero-order valence-corrected chi connectivity index (χ0v) is 19.1. The molecule has 2 rings (SSSR count). The molecule has 0 saturated carbocycles. The monoisotopic (exact) mass is 505 g/mol. The third-order valence-electron chi connectivity index (χ3n) is 3.73. The van der Waals surface area contributed by atoms with Gasteiger partial charge in [0.2, 0.25) is 0 Å². The van der Waals surface area contributed by atoms with E-state index in [1.165, 1.54) is 6.26 Å². The fourth-order valence-electron chi connectivity index (χ4n) is 2.35. The molecule has 7 nitrogen and oxygen atoms in total. The maximum absolute atomic E-state index is 11.3. The summed E-state index contributed by atoms with van der Waals surface area (Å²) in [7, 11) is -2.96. The Labute approximate surface area is 178 Å². The van der Waals surface area contributed by atoms with Crippen molar-refractivity contribution < 1.29 is 8.42 Å². The Kier molecular flexibility index (Phi) is 9.78. The summed E-state index contributed by atoms with van der Waals surface area (Å²) in [5.41, 5.74) is 2.00. The van der Waals surface area contributed by atoms with Crippen LogP contribution in [0, 0.1) is 0 Å². The van der Waals surface area contributed by atoms with Crippen LogP contribution in [0.3, 0.4) is 0 Å². The van der Waals surface area contributed by atoms with E-state index >= 15 is 0 Å². The number of hydrogen-bond donors (Lipinski definition) is 2. The van der Waals surface area contributed by atoms with Crippen LogP contribution in [0.5, 0.6) is 0 Å². The molecule has 9 heteroatoms. The van der Waals surface area contributed by atoms with Crippen LogP contribution < -0.4 is 10.6 Å². The molecule has 0 aliphatic heterocycles. The number of hydrogen-bond acceptors (Lipinski definition) is 4. The summed E-state index contributed by atoms with van der Waals surface area (Å²) < 4.78 is 24.4. The van der Waals surface area contributed by atoms with Crippen molar-refractivity contribution >= 4 is 39.8 Å². The van der Waals surface area contributed by atoms with E-state index < -0.39 is 9.84 Å². The SMILES string of the molecule is CCNC(=NCc1cnn(-c2ccccc2)c1)NC(C)CCS(C)(=O)=O.I. The number of guanidine groups is 1. The van der Waals surface area contributed by atoms with E-state index in [-0.39, 0.29) is 35.8 Å². The number of nitrogens with zero attached hydrogens (tertiary/aromatic N) is 3. The summed E-state index contributed by atoms with van der Waals surface area (Å²) in [5, 5.41) is 10.8. The van der Waals surface area contributed by atoms with Gasteiger partial charge in [-0.1, -0.05) is 18.2 Å². The molecule has 0 aliphatic rings. The lowest BCUT2D eigenvalue weighted by Crippen LogP contribution is -2.42. The molecule has 1 aromatic carbocycles. The van der Waals surface area contributed by atoms with Crippen molar-refractivity contribution in [3.05, 3.63) is 48.3 Å². The van der Waals surface area contributed by atoms with Gasteiger partial charge in [0.25, 0.3) is 0 Å². The van der Waals surface area contributed by atoms with Crippen molar-refractivity contribution in [1.82, 2.24) is 20.4 Å². The summed E-state index contributed by atoms with van der Waals surface area (Å²) in [4.78, 5) is 4.57. The maximum Gasteiger partial charge on any atom is 0.191 e. The lowest BCUT2D eigenvalue weighted by Gasteiger charge is -2.17. The molecule has 1 atom stereocenters. The zero-order valence-electron chi connectivity index (χ0n) is 15.9. The third kappa shape index (κ3) is 8.74. The van der Waals surface area contributed by atoms with Crippen molar-refractivity contribution in [1.29, 1.82) is 0 Å². The Balaban J connectivity index is 0.00000364. The highest BCUT2D eigenvalue weighted by atomic mass is 127. The first-order valence-corrected chi connectivity index (χ1v) is 10.7. The second kappa shape index (κ2) is 11.3. The van der Waals surface area contributed by atoms with Crippen LogP contribution in [0.15, 0.2) is 47.7 Å². The summed E-state index contributed by atoms with van der Waals surface area (Å²) >= 11 is 0. The van der Waals surface area contributed by atoms with Crippen LogP contribution in [0.25, 0.3) is 5.69 Å². The second-order valence-electron chi connectivity index (χ2n) is 6.29. The number of benzene rings is 1. The van der Waals surface area contributed by atoms with Crippen molar-refractivity contribution in [2.45, 2.75) is 32.9 Å². The number of nitrogens with one attached hydrogen (secondary N) is 2. The van der Waals surface area contributed by atoms with E-state index in [2.05, 4.69) is 20.7 Å².